The van der Waals surface area contributed by atoms with E-state index >= 15 is 0 Å². The van der Waals surface area contributed by atoms with Gasteiger partial charge in [-0.05, 0) is 50.8 Å². The monoisotopic (exact) mass is 521 g/mol. The Hall–Kier alpha value is -1.61. The summed E-state index contributed by atoms with van der Waals surface area (Å²) in [6.45, 7) is 5.75. The highest BCUT2D eigenvalue weighted by atomic mass is 127. The first kappa shape index (κ1) is 21.6. The molecule has 5 rings (SSSR count). The highest BCUT2D eigenvalue weighted by Gasteiger charge is 2.66. The van der Waals surface area contributed by atoms with E-state index in [2.05, 4.69) is 58.0 Å². The molecular formula is C23H32IN5O. The lowest BCUT2D eigenvalue weighted by Crippen LogP contribution is -2.72. The molecule has 1 aromatic carbocycles. The molecular weight excluding hydrogens is 489 g/mol. The summed E-state index contributed by atoms with van der Waals surface area (Å²) >= 11 is 0. The third-order valence-corrected chi connectivity index (χ3v) is 7.23. The van der Waals surface area contributed by atoms with Gasteiger partial charge in [0.2, 0.25) is 0 Å². The topological polar surface area (TPSA) is 63.5 Å². The number of fused-ring (bicyclic) bond motifs is 2. The number of halogens is 1. The molecule has 1 spiro atoms. The number of ether oxygens (including phenoxy) is 1. The SMILES string of the molecule is CN=C(NCc1ccccc1-n1nc(C)cc1C)NC1C2CCOC2C12CCC2.I. The zero-order valence-electron chi connectivity index (χ0n) is 18.0. The molecule has 7 heteroatoms. The smallest absolute Gasteiger partial charge is 0.191 e. The summed E-state index contributed by atoms with van der Waals surface area (Å²) in [5, 5.41) is 12.0. The molecule has 162 valence electrons. The van der Waals surface area contributed by atoms with Crippen LogP contribution in [-0.2, 0) is 11.3 Å². The molecule has 2 saturated carbocycles. The molecule has 30 heavy (non-hydrogen) atoms. The number of aliphatic imine (C=N–C) groups is 1. The highest BCUT2D eigenvalue weighted by Crippen LogP contribution is 2.62. The Morgan fingerprint density at radius 1 is 1.30 bits per heavy atom. The van der Waals surface area contributed by atoms with Gasteiger partial charge in [0.1, 0.15) is 0 Å². The molecule has 6 nitrogen and oxygen atoms in total. The molecule has 3 aliphatic rings. The van der Waals surface area contributed by atoms with Gasteiger partial charge >= 0.3 is 0 Å². The maximum atomic E-state index is 6.05. The predicted molar refractivity (Wildman–Crippen MR) is 130 cm³/mol. The fraction of sp³-hybridized carbons (Fsp3) is 0.565. The van der Waals surface area contributed by atoms with Crippen molar-refractivity contribution in [2.24, 2.45) is 16.3 Å². The summed E-state index contributed by atoms with van der Waals surface area (Å²) in [4.78, 5) is 4.52. The minimum absolute atomic E-state index is 0. The fourth-order valence-electron chi connectivity index (χ4n) is 5.72. The van der Waals surface area contributed by atoms with Crippen molar-refractivity contribution in [1.82, 2.24) is 20.4 Å². The van der Waals surface area contributed by atoms with E-state index in [4.69, 9.17) is 4.74 Å². The van der Waals surface area contributed by atoms with Crippen LogP contribution in [0.1, 0.15) is 42.6 Å². The number of benzene rings is 1. The van der Waals surface area contributed by atoms with Crippen molar-refractivity contribution in [2.45, 2.75) is 58.2 Å². The van der Waals surface area contributed by atoms with Gasteiger partial charge < -0.3 is 15.4 Å². The van der Waals surface area contributed by atoms with Crippen LogP contribution in [0.15, 0.2) is 35.3 Å². The average molecular weight is 521 g/mol. The van der Waals surface area contributed by atoms with Gasteiger partial charge in [-0.3, -0.25) is 4.99 Å². The first-order valence-electron chi connectivity index (χ1n) is 10.8. The summed E-state index contributed by atoms with van der Waals surface area (Å²) in [6.07, 6.45) is 5.53. The van der Waals surface area contributed by atoms with Crippen molar-refractivity contribution >= 4 is 29.9 Å². The van der Waals surface area contributed by atoms with Gasteiger partial charge in [-0.15, -0.1) is 24.0 Å². The molecule has 3 unspecified atom stereocenters. The molecule has 1 saturated heterocycles. The third kappa shape index (κ3) is 3.43. The van der Waals surface area contributed by atoms with Crippen LogP contribution in [0.25, 0.3) is 5.69 Å². The number of nitrogens with zero attached hydrogens (tertiary/aromatic N) is 3. The van der Waals surface area contributed by atoms with Gasteiger partial charge in [-0.2, -0.15) is 5.10 Å². The Morgan fingerprint density at radius 3 is 2.77 bits per heavy atom. The number of aryl methyl sites for hydroxylation is 2. The second-order valence-corrected chi connectivity index (χ2v) is 8.85. The number of hydrogen-bond donors (Lipinski definition) is 2. The summed E-state index contributed by atoms with van der Waals surface area (Å²) < 4.78 is 8.08. The largest absolute Gasteiger partial charge is 0.377 e. The number of aromatic nitrogens is 2. The van der Waals surface area contributed by atoms with Crippen LogP contribution in [0, 0.1) is 25.2 Å². The number of hydrogen-bond acceptors (Lipinski definition) is 3. The Bertz CT molecular complexity index is 935. The number of guanidine groups is 1. The molecule has 0 amide bonds. The highest BCUT2D eigenvalue weighted by molar-refractivity contribution is 14.0. The van der Waals surface area contributed by atoms with E-state index in [0.717, 1.165) is 29.6 Å². The number of rotatable bonds is 4. The first-order chi connectivity index (χ1) is 14.1. The van der Waals surface area contributed by atoms with Gasteiger partial charge in [0, 0.05) is 43.3 Å². The van der Waals surface area contributed by atoms with Crippen LogP contribution in [-0.4, -0.2) is 41.5 Å². The van der Waals surface area contributed by atoms with Gasteiger partial charge in [-0.1, -0.05) is 24.6 Å². The average Bonchev–Trinajstić information content (AvgIpc) is 3.25. The van der Waals surface area contributed by atoms with Gasteiger partial charge in [-0.25, -0.2) is 4.68 Å². The van der Waals surface area contributed by atoms with Crippen LogP contribution in [0.3, 0.4) is 0 Å². The lowest BCUT2D eigenvalue weighted by Gasteiger charge is -2.63. The Morgan fingerprint density at radius 2 is 2.10 bits per heavy atom. The predicted octanol–water partition coefficient (Wildman–Crippen LogP) is 3.73. The van der Waals surface area contributed by atoms with Crippen LogP contribution in [0.5, 0.6) is 0 Å². The number of para-hydroxylation sites is 1. The normalized spacial score (nSPS) is 26.4. The molecule has 2 aliphatic carbocycles. The second kappa shape index (κ2) is 8.49. The van der Waals surface area contributed by atoms with Crippen molar-refractivity contribution in [1.29, 1.82) is 0 Å². The van der Waals surface area contributed by atoms with Crippen molar-refractivity contribution < 1.29 is 4.74 Å². The van der Waals surface area contributed by atoms with E-state index in [9.17, 15) is 0 Å². The van der Waals surface area contributed by atoms with Crippen molar-refractivity contribution in [2.75, 3.05) is 13.7 Å². The second-order valence-electron chi connectivity index (χ2n) is 8.85. The van der Waals surface area contributed by atoms with E-state index in [1.807, 2.05) is 18.7 Å². The van der Waals surface area contributed by atoms with Crippen LogP contribution < -0.4 is 10.6 Å². The molecule has 3 fully saturated rings. The van der Waals surface area contributed by atoms with Crippen molar-refractivity contribution in [3.05, 3.63) is 47.3 Å². The van der Waals surface area contributed by atoms with Crippen molar-refractivity contribution in [3.8, 4) is 5.69 Å². The molecule has 1 aliphatic heterocycles. The Labute approximate surface area is 195 Å². The molecule has 2 aromatic rings. The lowest BCUT2D eigenvalue weighted by molar-refractivity contribution is -0.171. The van der Waals surface area contributed by atoms with E-state index < -0.39 is 0 Å². The minimum atomic E-state index is 0. The maximum absolute atomic E-state index is 6.05. The van der Waals surface area contributed by atoms with E-state index in [-0.39, 0.29) is 24.0 Å². The van der Waals surface area contributed by atoms with Gasteiger partial charge in [0.25, 0.3) is 0 Å². The lowest BCUT2D eigenvalue weighted by atomic mass is 9.46. The van der Waals surface area contributed by atoms with E-state index in [1.165, 1.54) is 31.2 Å². The third-order valence-electron chi connectivity index (χ3n) is 7.23. The minimum Gasteiger partial charge on any atom is -0.377 e. The summed E-state index contributed by atoms with van der Waals surface area (Å²) in [6, 6.07) is 11.0. The Balaban J connectivity index is 0.00000218. The van der Waals surface area contributed by atoms with Gasteiger partial charge in [0.15, 0.2) is 5.96 Å². The zero-order chi connectivity index (χ0) is 20.0. The fourth-order valence-corrected chi connectivity index (χ4v) is 5.72. The first-order valence-corrected chi connectivity index (χ1v) is 10.8. The molecule has 1 aromatic heterocycles. The van der Waals surface area contributed by atoms with Crippen LogP contribution in [0.2, 0.25) is 0 Å². The summed E-state index contributed by atoms with van der Waals surface area (Å²) in [5.74, 6) is 1.52. The maximum Gasteiger partial charge on any atom is 0.191 e. The Kier molecular flexibility index (Phi) is 6.12. The van der Waals surface area contributed by atoms with E-state index in [0.29, 0.717) is 30.0 Å². The summed E-state index contributed by atoms with van der Waals surface area (Å²) in [7, 11) is 1.86. The molecule has 0 radical (unpaired) electrons. The quantitative estimate of drug-likeness (QED) is 0.366. The van der Waals surface area contributed by atoms with Crippen LogP contribution in [0.4, 0.5) is 0 Å². The molecule has 2 heterocycles. The van der Waals surface area contributed by atoms with Crippen LogP contribution >= 0.6 is 24.0 Å². The summed E-state index contributed by atoms with van der Waals surface area (Å²) in [5.41, 5.74) is 4.85. The molecule has 3 atom stereocenters. The standard InChI is InChI=1S/C23H31N5O.HI/c1-15-13-16(2)28(27-15)19-8-5-4-7-17(19)14-25-22(24-3)26-20-18-9-12-29-21(18)23(20)10-6-11-23;/h4-5,7-8,13,18,20-21H,6,9-12,14H2,1-3H3,(H2,24,25,26);1H. The number of nitrogens with one attached hydrogen (secondary N) is 2. The zero-order valence-corrected chi connectivity index (χ0v) is 20.3. The molecule has 0 bridgehead atoms. The van der Waals surface area contributed by atoms with Gasteiger partial charge in [0.05, 0.1) is 17.5 Å². The molecule has 2 N–H and O–H groups in total. The van der Waals surface area contributed by atoms with Crippen molar-refractivity contribution in [3.63, 3.8) is 0 Å². The van der Waals surface area contributed by atoms with E-state index in [1.54, 1.807) is 0 Å².